The highest BCUT2D eigenvalue weighted by Gasteiger charge is 2.01. The normalized spacial score (nSPS) is 9.75. The molecule has 0 aliphatic rings. The average molecular weight is 186 g/mol. The molecule has 0 amide bonds. The Morgan fingerprint density at radius 1 is 1.75 bits per heavy atom. The summed E-state index contributed by atoms with van der Waals surface area (Å²) in [5, 5.41) is 0. The quantitative estimate of drug-likeness (QED) is 0.539. The number of nitrogens with one attached hydrogen (secondary N) is 1. The van der Waals surface area contributed by atoms with Crippen molar-refractivity contribution in [2.75, 3.05) is 5.75 Å². The summed E-state index contributed by atoms with van der Waals surface area (Å²) < 4.78 is 4.87. The first-order valence-corrected chi connectivity index (χ1v) is 4.20. The number of hydrogen-bond acceptors (Lipinski definition) is 4. The fourth-order valence-corrected chi connectivity index (χ4v) is 0.868. The van der Waals surface area contributed by atoms with Gasteiger partial charge in [0.25, 0.3) is 0 Å². The minimum atomic E-state index is -0.236. The van der Waals surface area contributed by atoms with E-state index in [-0.39, 0.29) is 12.6 Å². The Bertz CT molecular complexity index is 236. The number of nitrogens with zero attached hydrogens (tertiary/aromatic N) is 1. The number of carbonyl (C=O) groups excluding carboxylic acids is 1. The van der Waals surface area contributed by atoms with E-state index < -0.39 is 0 Å². The maximum Gasteiger partial charge on any atom is 0.307 e. The van der Waals surface area contributed by atoms with Gasteiger partial charge in [0.1, 0.15) is 6.61 Å². The van der Waals surface area contributed by atoms with E-state index in [1.807, 2.05) is 0 Å². The van der Waals surface area contributed by atoms with Crippen molar-refractivity contribution in [3.05, 3.63) is 18.2 Å². The lowest BCUT2D eigenvalue weighted by molar-refractivity contribution is -0.144. The molecule has 0 fully saturated rings. The molecule has 0 saturated carbocycles. The molecule has 1 rings (SSSR count). The van der Waals surface area contributed by atoms with Crippen LogP contribution in [0, 0.1) is 0 Å². The zero-order valence-corrected chi connectivity index (χ0v) is 7.38. The van der Waals surface area contributed by atoms with Crippen LogP contribution in [0.15, 0.2) is 12.5 Å². The molecular weight excluding hydrogens is 176 g/mol. The Kier molecular flexibility index (Phi) is 3.66. The molecule has 1 aromatic heterocycles. The predicted octanol–water partition coefficient (Wildman–Crippen LogP) is 0.773. The van der Waals surface area contributed by atoms with Crippen molar-refractivity contribution in [2.24, 2.45) is 0 Å². The first-order valence-electron chi connectivity index (χ1n) is 3.56. The Hall–Kier alpha value is -0.970. The number of aromatic amines is 1. The molecule has 1 heterocycles. The molecule has 66 valence electrons. The van der Waals surface area contributed by atoms with Crippen LogP contribution in [0.25, 0.3) is 0 Å². The van der Waals surface area contributed by atoms with E-state index in [1.165, 1.54) is 0 Å². The smallest absolute Gasteiger partial charge is 0.307 e. The molecule has 0 aromatic carbocycles. The number of aromatic nitrogens is 2. The van der Waals surface area contributed by atoms with Gasteiger partial charge in [-0.1, -0.05) is 0 Å². The number of rotatable bonds is 4. The number of thiol groups is 1. The van der Waals surface area contributed by atoms with E-state index >= 15 is 0 Å². The van der Waals surface area contributed by atoms with Crippen LogP contribution < -0.4 is 0 Å². The summed E-state index contributed by atoms with van der Waals surface area (Å²) in [6.07, 6.45) is 3.51. The van der Waals surface area contributed by atoms with E-state index in [0.29, 0.717) is 12.2 Å². The monoisotopic (exact) mass is 186 g/mol. The molecule has 0 radical (unpaired) electrons. The third-order valence-corrected chi connectivity index (χ3v) is 1.48. The molecule has 12 heavy (non-hydrogen) atoms. The van der Waals surface area contributed by atoms with E-state index in [1.54, 1.807) is 12.5 Å². The van der Waals surface area contributed by atoms with Crippen LogP contribution in [0.2, 0.25) is 0 Å². The van der Waals surface area contributed by atoms with Crippen LogP contribution in [0.1, 0.15) is 12.1 Å². The molecule has 0 unspecified atom stereocenters. The van der Waals surface area contributed by atoms with Crippen LogP contribution in [0.3, 0.4) is 0 Å². The lowest BCUT2D eigenvalue weighted by atomic mass is 10.5. The van der Waals surface area contributed by atoms with Crippen molar-refractivity contribution in [1.82, 2.24) is 9.97 Å². The van der Waals surface area contributed by atoms with E-state index in [9.17, 15) is 4.79 Å². The summed E-state index contributed by atoms with van der Waals surface area (Å²) >= 11 is 3.91. The Labute approximate surface area is 75.8 Å². The van der Waals surface area contributed by atoms with Gasteiger partial charge in [-0.15, -0.1) is 0 Å². The van der Waals surface area contributed by atoms with Gasteiger partial charge in [0, 0.05) is 5.75 Å². The largest absolute Gasteiger partial charge is 0.459 e. The molecule has 1 N–H and O–H groups in total. The second-order valence-corrected chi connectivity index (χ2v) is 2.66. The summed E-state index contributed by atoms with van der Waals surface area (Å²) in [6.45, 7) is 0.257. The van der Waals surface area contributed by atoms with Gasteiger partial charge in [0.15, 0.2) is 0 Å². The first-order chi connectivity index (χ1) is 5.83. The van der Waals surface area contributed by atoms with Gasteiger partial charge < -0.3 is 9.72 Å². The van der Waals surface area contributed by atoms with Crippen LogP contribution in [0.5, 0.6) is 0 Å². The summed E-state index contributed by atoms with van der Waals surface area (Å²) in [4.78, 5) is 17.4. The average Bonchev–Trinajstić information content (AvgIpc) is 2.53. The van der Waals surface area contributed by atoms with Crippen molar-refractivity contribution in [2.45, 2.75) is 13.0 Å². The number of ether oxygens (including phenoxy) is 1. The number of carbonyl (C=O) groups is 1. The van der Waals surface area contributed by atoms with Crippen molar-refractivity contribution < 1.29 is 9.53 Å². The lowest BCUT2D eigenvalue weighted by Gasteiger charge is -2.00. The molecule has 0 saturated heterocycles. The number of imidazole rings is 1. The maximum atomic E-state index is 10.8. The van der Waals surface area contributed by atoms with Crippen LogP contribution in [-0.4, -0.2) is 21.7 Å². The number of hydrogen-bond donors (Lipinski definition) is 2. The van der Waals surface area contributed by atoms with Gasteiger partial charge in [-0.05, 0) is 0 Å². The van der Waals surface area contributed by atoms with Crippen LogP contribution in [0.4, 0.5) is 0 Å². The molecule has 4 nitrogen and oxygen atoms in total. The van der Waals surface area contributed by atoms with Crippen molar-refractivity contribution in [1.29, 1.82) is 0 Å². The van der Waals surface area contributed by atoms with E-state index in [4.69, 9.17) is 4.74 Å². The van der Waals surface area contributed by atoms with Gasteiger partial charge in [0.05, 0.1) is 24.6 Å². The van der Waals surface area contributed by atoms with Gasteiger partial charge in [-0.25, -0.2) is 4.98 Å². The predicted molar refractivity (Wildman–Crippen MR) is 46.9 cm³/mol. The summed E-state index contributed by atoms with van der Waals surface area (Å²) in [5.74, 6) is 0.279. The van der Waals surface area contributed by atoms with Crippen LogP contribution in [-0.2, 0) is 16.1 Å². The third-order valence-electron chi connectivity index (χ3n) is 1.26. The molecule has 0 spiro atoms. The first kappa shape index (κ1) is 9.12. The lowest BCUT2D eigenvalue weighted by Crippen LogP contribution is -2.04. The second-order valence-electron chi connectivity index (χ2n) is 2.21. The molecule has 0 atom stereocenters. The van der Waals surface area contributed by atoms with E-state index in [2.05, 4.69) is 22.6 Å². The SMILES string of the molecule is O=C(CCS)OCc1cnc[nH]1. The molecule has 5 heteroatoms. The fourth-order valence-electron chi connectivity index (χ4n) is 0.685. The summed E-state index contributed by atoms with van der Waals surface area (Å²) in [5.41, 5.74) is 0.794. The molecular formula is C7H10N2O2S. The second kappa shape index (κ2) is 4.82. The van der Waals surface area contributed by atoms with Crippen molar-refractivity contribution in [3.63, 3.8) is 0 Å². The highest BCUT2D eigenvalue weighted by molar-refractivity contribution is 7.80. The van der Waals surface area contributed by atoms with Crippen LogP contribution >= 0.6 is 12.6 Å². The van der Waals surface area contributed by atoms with Crippen molar-refractivity contribution in [3.8, 4) is 0 Å². The number of esters is 1. The minimum Gasteiger partial charge on any atom is -0.459 e. The van der Waals surface area contributed by atoms with E-state index in [0.717, 1.165) is 5.69 Å². The van der Waals surface area contributed by atoms with Crippen molar-refractivity contribution >= 4 is 18.6 Å². The Morgan fingerprint density at radius 2 is 2.58 bits per heavy atom. The summed E-state index contributed by atoms with van der Waals surface area (Å²) in [7, 11) is 0. The topological polar surface area (TPSA) is 55.0 Å². The fraction of sp³-hybridized carbons (Fsp3) is 0.429. The van der Waals surface area contributed by atoms with Gasteiger partial charge >= 0.3 is 5.97 Å². The maximum absolute atomic E-state index is 10.8. The van der Waals surface area contributed by atoms with Gasteiger partial charge in [0.2, 0.25) is 0 Å². The van der Waals surface area contributed by atoms with Gasteiger partial charge in [-0.2, -0.15) is 12.6 Å². The highest BCUT2D eigenvalue weighted by Crippen LogP contribution is 1.96. The molecule has 0 aliphatic carbocycles. The highest BCUT2D eigenvalue weighted by atomic mass is 32.1. The Balaban J connectivity index is 2.22. The third kappa shape index (κ3) is 2.96. The van der Waals surface area contributed by atoms with Gasteiger partial charge in [-0.3, -0.25) is 4.79 Å². The standard InChI is InChI=1S/C7H10N2O2S/c10-7(1-2-12)11-4-6-3-8-5-9-6/h3,5,12H,1-2,4H2,(H,8,9). The zero-order chi connectivity index (χ0) is 8.81. The number of H-pyrrole nitrogens is 1. The minimum absolute atomic E-state index is 0.236. The molecule has 0 bridgehead atoms. The molecule has 0 aliphatic heterocycles. The molecule has 1 aromatic rings. The Morgan fingerprint density at radius 3 is 3.17 bits per heavy atom. The summed E-state index contributed by atoms with van der Waals surface area (Å²) in [6, 6.07) is 0. The zero-order valence-electron chi connectivity index (χ0n) is 6.49.